The van der Waals surface area contributed by atoms with E-state index >= 15 is 0 Å². The lowest BCUT2D eigenvalue weighted by Crippen LogP contribution is -2.04. The normalized spacial score (nSPS) is 10.7. The summed E-state index contributed by atoms with van der Waals surface area (Å²) in [7, 11) is 0. The Labute approximate surface area is 115 Å². The third-order valence-electron chi connectivity index (χ3n) is 3.08. The van der Waals surface area contributed by atoms with E-state index in [4.69, 9.17) is 4.42 Å². The van der Waals surface area contributed by atoms with Gasteiger partial charge in [-0.05, 0) is 24.6 Å². The maximum atomic E-state index is 11.1. The summed E-state index contributed by atoms with van der Waals surface area (Å²) in [6.07, 6.45) is 2.25. The van der Waals surface area contributed by atoms with E-state index in [1.807, 2.05) is 31.2 Å². The lowest BCUT2D eigenvalue weighted by molar-refractivity contribution is 0.111. The van der Waals surface area contributed by atoms with Crippen molar-refractivity contribution in [3.8, 4) is 11.5 Å². The molecule has 0 fully saturated rings. The van der Waals surface area contributed by atoms with Gasteiger partial charge in [-0.2, -0.15) is 0 Å². The third kappa shape index (κ3) is 2.25. The van der Waals surface area contributed by atoms with Crippen LogP contribution >= 0.6 is 0 Å². The Kier molecular flexibility index (Phi) is 3.16. The fourth-order valence-electron chi connectivity index (χ4n) is 2.05. The Morgan fingerprint density at radius 3 is 2.70 bits per heavy atom. The quantitative estimate of drug-likeness (QED) is 0.682. The van der Waals surface area contributed by atoms with Crippen molar-refractivity contribution in [2.45, 2.75) is 13.5 Å². The molecule has 0 spiro atoms. The molecule has 0 saturated carbocycles. The highest BCUT2D eigenvalue weighted by Crippen LogP contribution is 2.22. The number of hydrogen-bond acceptors (Lipinski definition) is 4. The maximum Gasteiger partial charge on any atom is 0.172 e. The predicted octanol–water partition coefficient (Wildman–Crippen LogP) is 2.71. The molecule has 0 amide bonds. The van der Waals surface area contributed by atoms with Crippen LogP contribution < -0.4 is 0 Å². The van der Waals surface area contributed by atoms with Crippen LogP contribution in [0.1, 0.15) is 21.6 Å². The number of aldehydes is 1. The molecule has 0 bridgehead atoms. The van der Waals surface area contributed by atoms with Crippen molar-refractivity contribution in [2.75, 3.05) is 0 Å². The summed E-state index contributed by atoms with van der Waals surface area (Å²) >= 11 is 0. The summed E-state index contributed by atoms with van der Waals surface area (Å²) in [5, 5.41) is 7.93. The van der Waals surface area contributed by atoms with Gasteiger partial charge in [-0.15, -0.1) is 5.10 Å². The third-order valence-corrected chi connectivity index (χ3v) is 3.08. The van der Waals surface area contributed by atoms with Crippen LogP contribution in [-0.4, -0.2) is 21.3 Å². The number of benzene rings is 1. The van der Waals surface area contributed by atoms with E-state index < -0.39 is 0 Å². The lowest BCUT2D eigenvalue weighted by Gasteiger charge is -2.05. The molecular formula is C15H13N3O2. The van der Waals surface area contributed by atoms with E-state index in [0.29, 0.717) is 24.3 Å². The maximum absolute atomic E-state index is 11.1. The Bertz CT molecular complexity index is 712. The van der Waals surface area contributed by atoms with Gasteiger partial charge in [0.1, 0.15) is 5.69 Å². The number of rotatable bonds is 4. The van der Waals surface area contributed by atoms with Crippen LogP contribution in [0.4, 0.5) is 0 Å². The molecule has 0 N–H and O–H groups in total. The summed E-state index contributed by atoms with van der Waals surface area (Å²) in [5.74, 6) is 0.587. The zero-order valence-electron chi connectivity index (χ0n) is 11.0. The second kappa shape index (κ2) is 5.13. The molecule has 0 unspecified atom stereocenters. The van der Waals surface area contributed by atoms with Crippen LogP contribution in [0.3, 0.4) is 0 Å². The molecular weight excluding hydrogens is 254 g/mol. The Morgan fingerprint density at radius 2 is 2.05 bits per heavy atom. The number of nitrogens with zero attached hydrogens (tertiary/aromatic N) is 3. The van der Waals surface area contributed by atoms with Gasteiger partial charge >= 0.3 is 0 Å². The number of aryl methyl sites for hydroxylation is 1. The lowest BCUT2D eigenvalue weighted by atomic mass is 10.1. The summed E-state index contributed by atoms with van der Waals surface area (Å²) in [6, 6.07) is 11.7. The molecule has 0 aliphatic rings. The second-order valence-corrected chi connectivity index (χ2v) is 4.56. The summed E-state index contributed by atoms with van der Waals surface area (Å²) < 4.78 is 7.03. The minimum absolute atomic E-state index is 0.284. The van der Waals surface area contributed by atoms with Crippen LogP contribution in [0, 0.1) is 6.92 Å². The Balaban J connectivity index is 2.00. The average molecular weight is 267 g/mol. The van der Waals surface area contributed by atoms with Crippen molar-refractivity contribution >= 4 is 6.29 Å². The SMILES string of the molecule is Cc1ccc(Cn2nnc(C=O)c2-c2ccco2)cc1. The van der Waals surface area contributed by atoms with Crippen molar-refractivity contribution in [3.63, 3.8) is 0 Å². The standard InChI is InChI=1S/C15H13N3O2/c1-11-4-6-12(7-5-11)9-18-15(13(10-19)16-17-18)14-3-2-8-20-14/h2-8,10H,9H2,1H3. The minimum Gasteiger partial charge on any atom is -0.463 e. The molecule has 100 valence electrons. The van der Waals surface area contributed by atoms with Crippen molar-refractivity contribution in [3.05, 3.63) is 59.5 Å². The van der Waals surface area contributed by atoms with E-state index in [9.17, 15) is 4.79 Å². The molecule has 5 heteroatoms. The topological polar surface area (TPSA) is 60.9 Å². The van der Waals surface area contributed by atoms with Gasteiger partial charge in [0, 0.05) is 0 Å². The first-order valence-corrected chi connectivity index (χ1v) is 6.26. The molecule has 2 heterocycles. The monoisotopic (exact) mass is 267 g/mol. The number of carbonyl (C=O) groups is 1. The smallest absolute Gasteiger partial charge is 0.172 e. The second-order valence-electron chi connectivity index (χ2n) is 4.56. The molecule has 0 atom stereocenters. The van der Waals surface area contributed by atoms with E-state index in [2.05, 4.69) is 10.3 Å². The summed E-state index contributed by atoms with van der Waals surface area (Å²) in [4.78, 5) is 11.1. The van der Waals surface area contributed by atoms with Gasteiger partial charge in [0.2, 0.25) is 0 Å². The van der Waals surface area contributed by atoms with Crippen LogP contribution in [0.15, 0.2) is 47.1 Å². The Hall–Kier alpha value is -2.69. The fraction of sp³-hybridized carbons (Fsp3) is 0.133. The van der Waals surface area contributed by atoms with Gasteiger partial charge in [-0.3, -0.25) is 4.79 Å². The van der Waals surface area contributed by atoms with Gasteiger partial charge in [-0.1, -0.05) is 35.0 Å². The first-order valence-electron chi connectivity index (χ1n) is 6.26. The summed E-state index contributed by atoms with van der Waals surface area (Å²) in [5.41, 5.74) is 3.18. The molecule has 2 aromatic heterocycles. The van der Waals surface area contributed by atoms with Crippen LogP contribution in [0.2, 0.25) is 0 Å². The van der Waals surface area contributed by atoms with E-state index in [0.717, 1.165) is 5.56 Å². The zero-order chi connectivity index (χ0) is 13.9. The van der Waals surface area contributed by atoms with Crippen molar-refractivity contribution in [1.29, 1.82) is 0 Å². The number of aromatic nitrogens is 3. The molecule has 0 aliphatic carbocycles. The number of furan rings is 1. The number of carbonyl (C=O) groups excluding carboxylic acids is 1. The number of hydrogen-bond donors (Lipinski definition) is 0. The van der Waals surface area contributed by atoms with Crippen LogP contribution in [-0.2, 0) is 6.54 Å². The van der Waals surface area contributed by atoms with E-state index in [1.54, 1.807) is 23.1 Å². The first kappa shape index (κ1) is 12.3. The molecule has 5 nitrogen and oxygen atoms in total. The fourth-order valence-corrected chi connectivity index (χ4v) is 2.05. The molecule has 1 aromatic carbocycles. The predicted molar refractivity (Wildman–Crippen MR) is 73.4 cm³/mol. The highest BCUT2D eigenvalue weighted by Gasteiger charge is 2.16. The van der Waals surface area contributed by atoms with Gasteiger partial charge in [0.05, 0.1) is 12.8 Å². The molecule has 0 saturated heterocycles. The molecule has 3 rings (SSSR count). The minimum atomic E-state index is 0.284. The van der Waals surface area contributed by atoms with Crippen molar-refractivity contribution < 1.29 is 9.21 Å². The van der Waals surface area contributed by atoms with Crippen molar-refractivity contribution in [1.82, 2.24) is 15.0 Å². The average Bonchev–Trinajstić information content (AvgIpc) is 3.10. The van der Waals surface area contributed by atoms with Crippen molar-refractivity contribution in [2.24, 2.45) is 0 Å². The van der Waals surface area contributed by atoms with Gasteiger partial charge < -0.3 is 4.42 Å². The highest BCUT2D eigenvalue weighted by molar-refractivity contribution is 5.81. The summed E-state index contributed by atoms with van der Waals surface area (Å²) in [6.45, 7) is 2.58. The molecule has 3 aromatic rings. The Morgan fingerprint density at radius 1 is 1.25 bits per heavy atom. The van der Waals surface area contributed by atoms with E-state index in [1.165, 1.54) is 5.56 Å². The largest absolute Gasteiger partial charge is 0.463 e. The van der Waals surface area contributed by atoms with E-state index in [-0.39, 0.29) is 5.69 Å². The van der Waals surface area contributed by atoms with Crippen LogP contribution in [0.25, 0.3) is 11.5 Å². The molecule has 0 radical (unpaired) electrons. The zero-order valence-corrected chi connectivity index (χ0v) is 11.0. The first-order chi connectivity index (χ1) is 9.78. The molecule has 20 heavy (non-hydrogen) atoms. The van der Waals surface area contributed by atoms with Gasteiger partial charge in [-0.25, -0.2) is 4.68 Å². The highest BCUT2D eigenvalue weighted by atomic mass is 16.3. The molecule has 0 aliphatic heterocycles. The van der Waals surface area contributed by atoms with Gasteiger partial charge in [0.25, 0.3) is 0 Å². The van der Waals surface area contributed by atoms with Crippen LogP contribution in [0.5, 0.6) is 0 Å². The van der Waals surface area contributed by atoms with Gasteiger partial charge in [0.15, 0.2) is 17.7 Å².